The van der Waals surface area contributed by atoms with Gasteiger partial charge in [-0.3, -0.25) is 4.90 Å². The van der Waals surface area contributed by atoms with Crippen molar-refractivity contribution in [3.63, 3.8) is 0 Å². The van der Waals surface area contributed by atoms with E-state index in [1.165, 1.54) is 0 Å². The zero-order valence-electron chi connectivity index (χ0n) is 15.1. The minimum absolute atomic E-state index is 0.0890. The highest BCUT2D eigenvalue weighted by atomic mass is 127. The van der Waals surface area contributed by atoms with Crippen molar-refractivity contribution in [2.75, 3.05) is 19.6 Å². The molecule has 3 rings (SSSR count). The van der Waals surface area contributed by atoms with E-state index in [1.54, 1.807) is 0 Å². The first-order valence-corrected chi connectivity index (χ1v) is 10.0. The Balaban J connectivity index is 2.30. The molecule has 5 nitrogen and oxygen atoms in total. The summed E-state index contributed by atoms with van der Waals surface area (Å²) in [5.41, 5.74) is 6.99. The van der Waals surface area contributed by atoms with E-state index in [0.717, 1.165) is 34.2 Å². The largest absolute Gasteiger partial charge is 0.399 e. The lowest BCUT2D eigenvalue weighted by Gasteiger charge is -2.45. The number of halogens is 1. The van der Waals surface area contributed by atoms with Crippen LogP contribution in [0.25, 0.3) is 0 Å². The van der Waals surface area contributed by atoms with Gasteiger partial charge in [0, 0.05) is 28.5 Å². The maximum absolute atomic E-state index is 10.1. The zero-order valence-corrected chi connectivity index (χ0v) is 17.3. The number of nitrogens with two attached hydrogens (primary N) is 1. The average Bonchev–Trinajstić information content (AvgIpc) is 2.68. The van der Waals surface area contributed by atoms with Gasteiger partial charge in [-0.2, -0.15) is 15.8 Å². The molecule has 0 spiro atoms. The lowest BCUT2D eigenvalue weighted by Crippen LogP contribution is -2.48. The van der Waals surface area contributed by atoms with Crippen LogP contribution < -0.4 is 5.73 Å². The fourth-order valence-electron chi connectivity index (χ4n) is 4.31. The Kier molecular flexibility index (Phi) is 5.56. The van der Waals surface area contributed by atoms with Gasteiger partial charge in [0.2, 0.25) is 0 Å². The summed E-state index contributed by atoms with van der Waals surface area (Å²) < 4.78 is 0.996. The van der Waals surface area contributed by atoms with Crippen LogP contribution in [0.5, 0.6) is 0 Å². The van der Waals surface area contributed by atoms with E-state index >= 15 is 0 Å². The molecule has 1 aromatic rings. The van der Waals surface area contributed by atoms with Crippen molar-refractivity contribution < 1.29 is 0 Å². The Hall–Kier alpha value is -2.34. The Morgan fingerprint density at radius 1 is 1.26 bits per heavy atom. The second kappa shape index (κ2) is 7.72. The maximum atomic E-state index is 10.1. The highest BCUT2D eigenvalue weighted by Gasteiger charge is 2.54. The predicted octanol–water partition coefficient (Wildman–Crippen LogP) is 3.43. The van der Waals surface area contributed by atoms with Crippen LogP contribution in [0.15, 0.2) is 47.2 Å². The van der Waals surface area contributed by atoms with Crippen molar-refractivity contribution >= 4 is 22.6 Å². The van der Waals surface area contributed by atoms with Crippen LogP contribution in [-0.2, 0) is 0 Å². The number of hydrogen-bond acceptors (Lipinski definition) is 5. The monoisotopic (exact) mass is 469 g/mol. The first-order valence-electron chi connectivity index (χ1n) is 8.94. The summed E-state index contributed by atoms with van der Waals surface area (Å²) in [6.07, 6.45) is 3.07. The highest BCUT2D eigenvalue weighted by Crippen LogP contribution is 2.54. The van der Waals surface area contributed by atoms with Crippen LogP contribution >= 0.6 is 22.6 Å². The van der Waals surface area contributed by atoms with Gasteiger partial charge < -0.3 is 5.73 Å². The van der Waals surface area contributed by atoms with Gasteiger partial charge in [-0.1, -0.05) is 31.2 Å². The number of rotatable bonds is 3. The lowest BCUT2D eigenvalue weighted by molar-refractivity contribution is 0.207. The summed E-state index contributed by atoms with van der Waals surface area (Å²) in [5.74, 6) is -0.536. The number of allylic oxidation sites excluding steroid dienone is 2. The van der Waals surface area contributed by atoms with E-state index in [0.29, 0.717) is 12.1 Å². The standard InChI is InChI=1S/C21H20IN5/c1-2-8-27-9-7-14-16(10-23)20(26)21(12-24,13-25)19(17(14)11-27)15-5-3-4-6-18(15)22/h3-7,17,19H,2,8-9,11,26H2,1H3. The minimum atomic E-state index is -1.55. The summed E-state index contributed by atoms with van der Waals surface area (Å²) in [5, 5.41) is 29.9. The van der Waals surface area contributed by atoms with Crippen LogP contribution in [0.2, 0.25) is 0 Å². The topological polar surface area (TPSA) is 101 Å². The number of fused-ring (bicyclic) bond motifs is 1. The van der Waals surface area contributed by atoms with E-state index in [4.69, 9.17) is 5.73 Å². The Labute approximate surface area is 173 Å². The predicted molar refractivity (Wildman–Crippen MR) is 111 cm³/mol. The molecule has 0 saturated heterocycles. The van der Waals surface area contributed by atoms with Gasteiger partial charge in [0.15, 0.2) is 5.41 Å². The molecule has 1 heterocycles. The van der Waals surface area contributed by atoms with Crippen LogP contribution in [-0.4, -0.2) is 24.5 Å². The molecule has 1 aromatic carbocycles. The number of nitriles is 3. The van der Waals surface area contributed by atoms with Crippen LogP contribution in [0, 0.1) is 48.9 Å². The molecule has 1 aliphatic heterocycles. The summed E-state index contributed by atoms with van der Waals surface area (Å²) in [6.45, 7) is 4.53. The van der Waals surface area contributed by atoms with Crippen molar-refractivity contribution in [1.29, 1.82) is 15.8 Å². The molecule has 0 amide bonds. The third-order valence-electron chi connectivity index (χ3n) is 5.52. The van der Waals surface area contributed by atoms with Crippen LogP contribution in [0.3, 0.4) is 0 Å². The fourth-order valence-corrected chi connectivity index (χ4v) is 5.03. The van der Waals surface area contributed by atoms with Gasteiger partial charge in [0.25, 0.3) is 0 Å². The van der Waals surface area contributed by atoms with Crippen LogP contribution in [0.4, 0.5) is 0 Å². The number of nitrogens with zero attached hydrogens (tertiary/aromatic N) is 4. The minimum Gasteiger partial charge on any atom is -0.399 e. The second-order valence-corrected chi connectivity index (χ2v) is 8.12. The Morgan fingerprint density at radius 3 is 2.56 bits per heavy atom. The van der Waals surface area contributed by atoms with Crippen LogP contribution in [0.1, 0.15) is 24.8 Å². The number of hydrogen-bond donors (Lipinski definition) is 1. The van der Waals surface area contributed by atoms with Gasteiger partial charge in [-0.15, -0.1) is 0 Å². The molecule has 6 heteroatoms. The highest BCUT2D eigenvalue weighted by molar-refractivity contribution is 14.1. The first kappa shape index (κ1) is 19.4. The normalized spacial score (nSPS) is 24.2. The molecule has 0 saturated carbocycles. The quantitative estimate of drug-likeness (QED) is 0.684. The van der Waals surface area contributed by atoms with E-state index in [9.17, 15) is 15.8 Å². The smallest absolute Gasteiger partial charge is 0.191 e. The zero-order chi connectivity index (χ0) is 19.6. The van der Waals surface area contributed by atoms with Crippen molar-refractivity contribution in [2.45, 2.75) is 19.3 Å². The molecule has 2 unspecified atom stereocenters. The second-order valence-electron chi connectivity index (χ2n) is 6.96. The molecule has 0 aromatic heterocycles. The molecule has 2 aliphatic rings. The van der Waals surface area contributed by atoms with E-state index in [1.807, 2.05) is 24.3 Å². The third kappa shape index (κ3) is 3.02. The van der Waals surface area contributed by atoms with E-state index in [2.05, 4.69) is 58.7 Å². The summed E-state index contributed by atoms with van der Waals surface area (Å²) >= 11 is 2.25. The molecule has 2 N–H and O–H groups in total. The first-order chi connectivity index (χ1) is 13.0. The van der Waals surface area contributed by atoms with E-state index < -0.39 is 11.3 Å². The summed E-state index contributed by atoms with van der Waals surface area (Å²) in [6, 6.07) is 14.4. The Bertz CT molecular complexity index is 927. The van der Waals surface area contributed by atoms with Gasteiger partial charge in [0.1, 0.15) is 6.07 Å². The van der Waals surface area contributed by atoms with Gasteiger partial charge in [0.05, 0.1) is 23.4 Å². The van der Waals surface area contributed by atoms with Crippen molar-refractivity contribution in [2.24, 2.45) is 17.1 Å². The van der Waals surface area contributed by atoms with E-state index in [-0.39, 0.29) is 11.6 Å². The van der Waals surface area contributed by atoms with Crippen molar-refractivity contribution in [3.8, 4) is 18.2 Å². The lowest BCUT2D eigenvalue weighted by atomic mass is 9.58. The molecule has 0 bridgehead atoms. The summed E-state index contributed by atoms with van der Waals surface area (Å²) in [4.78, 5) is 2.31. The molecule has 0 radical (unpaired) electrons. The fraction of sp³-hybridized carbons (Fsp3) is 0.381. The maximum Gasteiger partial charge on any atom is 0.191 e. The SMILES string of the molecule is CCCN1CC=C2C(C#N)=C(N)C(C#N)(C#N)C(c3ccccc3I)C2C1. The molecular formula is C21H20IN5. The molecular weight excluding hydrogens is 449 g/mol. The third-order valence-corrected chi connectivity index (χ3v) is 6.50. The van der Waals surface area contributed by atoms with Gasteiger partial charge >= 0.3 is 0 Å². The summed E-state index contributed by atoms with van der Waals surface area (Å²) in [7, 11) is 0. The van der Waals surface area contributed by atoms with Gasteiger partial charge in [-0.25, -0.2) is 0 Å². The Morgan fingerprint density at radius 2 is 1.96 bits per heavy atom. The van der Waals surface area contributed by atoms with Crippen molar-refractivity contribution in [3.05, 3.63) is 56.3 Å². The number of benzene rings is 1. The molecule has 136 valence electrons. The molecule has 0 fully saturated rings. The molecule has 2 atom stereocenters. The van der Waals surface area contributed by atoms with Crippen molar-refractivity contribution in [1.82, 2.24) is 4.90 Å². The van der Waals surface area contributed by atoms with Gasteiger partial charge in [-0.05, 0) is 52.8 Å². The molecule has 27 heavy (non-hydrogen) atoms. The average molecular weight is 469 g/mol. The molecule has 1 aliphatic carbocycles.